The van der Waals surface area contributed by atoms with Gasteiger partial charge in [0.1, 0.15) is 18.1 Å². The summed E-state index contributed by atoms with van der Waals surface area (Å²) in [5, 5.41) is 9.65. The van der Waals surface area contributed by atoms with Crippen LogP contribution < -0.4 is 10.2 Å². The molecule has 0 saturated heterocycles. The Morgan fingerprint density at radius 1 is 1.19 bits per heavy atom. The molecule has 3 rings (SSSR count). The van der Waals surface area contributed by atoms with Crippen LogP contribution >= 0.6 is 0 Å². The van der Waals surface area contributed by atoms with Crippen LogP contribution in [0.4, 0.5) is 4.39 Å². The van der Waals surface area contributed by atoms with Crippen molar-refractivity contribution in [2.24, 2.45) is 0 Å². The number of para-hydroxylation sites is 1. The topological polar surface area (TPSA) is 68.5 Å². The van der Waals surface area contributed by atoms with Crippen molar-refractivity contribution in [3.8, 4) is 5.75 Å². The molecule has 0 unspecified atom stereocenters. The van der Waals surface area contributed by atoms with Crippen molar-refractivity contribution in [2.45, 2.75) is 19.9 Å². The van der Waals surface area contributed by atoms with Gasteiger partial charge < -0.3 is 14.4 Å². The normalized spacial score (nSPS) is 10.8. The zero-order valence-corrected chi connectivity index (χ0v) is 14.2. The number of fused-ring (bicyclic) bond motifs is 1. The minimum atomic E-state index is -1.02. The summed E-state index contributed by atoms with van der Waals surface area (Å²) in [7, 11) is 0. The number of carboxylic acid groups (broad SMARTS) is 1. The van der Waals surface area contributed by atoms with E-state index in [0.29, 0.717) is 28.8 Å². The smallest absolute Gasteiger partial charge is 0.323 e. The summed E-state index contributed by atoms with van der Waals surface area (Å²) in [5.74, 6) is -0.900. The van der Waals surface area contributed by atoms with Crippen LogP contribution in [0.1, 0.15) is 18.1 Å². The Bertz CT molecular complexity index is 1010. The monoisotopic (exact) mass is 355 g/mol. The van der Waals surface area contributed by atoms with Crippen LogP contribution in [0.3, 0.4) is 0 Å². The van der Waals surface area contributed by atoms with E-state index in [1.54, 1.807) is 36.5 Å². The molecule has 0 fully saturated rings. The van der Waals surface area contributed by atoms with Gasteiger partial charge in [0.15, 0.2) is 5.43 Å². The largest absolute Gasteiger partial charge is 0.492 e. The van der Waals surface area contributed by atoms with Gasteiger partial charge in [0.25, 0.3) is 0 Å². The zero-order chi connectivity index (χ0) is 18.7. The lowest BCUT2D eigenvalue weighted by Crippen LogP contribution is -2.19. The highest BCUT2D eigenvalue weighted by atomic mass is 19.1. The Balaban J connectivity index is 2.18. The molecule has 0 atom stereocenters. The highest BCUT2D eigenvalue weighted by Gasteiger charge is 2.15. The van der Waals surface area contributed by atoms with Crippen LogP contribution in [0.15, 0.2) is 53.5 Å². The number of benzene rings is 2. The number of pyridine rings is 1. The van der Waals surface area contributed by atoms with E-state index in [9.17, 15) is 19.1 Å². The average Bonchev–Trinajstić information content (AvgIpc) is 2.60. The molecule has 0 spiro atoms. The molecule has 0 aliphatic carbocycles. The number of aliphatic carboxylic acids is 1. The van der Waals surface area contributed by atoms with E-state index in [1.165, 1.54) is 16.7 Å². The van der Waals surface area contributed by atoms with Crippen LogP contribution in [0, 0.1) is 5.82 Å². The Morgan fingerprint density at radius 3 is 2.58 bits per heavy atom. The van der Waals surface area contributed by atoms with Crippen LogP contribution in [0.5, 0.6) is 5.75 Å². The summed E-state index contributed by atoms with van der Waals surface area (Å²) in [4.78, 5) is 24.2. The van der Waals surface area contributed by atoms with E-state index in [-0.39, 0.29) is 24.2 Å². The lowest BCUT2D eigenvalue weighted by Gasteiger charge is -2.15. The second-order valence-electron chi connectivity index (χ2n) is 5.89. The molecule has 0 bridgehead atoms. The third-order valence-electron chi connectivity index (χ3n) is 4.05. The third-order valence-corrected chi connectivity index (χ3v) is 4.05. The van der Waals surface area contributed by atoms with Gasteiger partial charge in [-0.1, -0.05) is 18.2 Å². The number of carbonyl (C=O) groups is 1. The average molecular weight is 355 g/mol. The molecular weight excluding hydrogens is 337 g/mol. The molecule has 1 aromatic heterocycles. The summed E-state index contributed by atoms with van der Waals surface area (Å²) < 4.78 is 20.2. The van der Waals surface area contributed by atoms with E-state index in [0.717, 1.165) is 5.56 Å². The van der Waals surface area contributed by atoms with Gasteiger partial charge >= 0.3 is 5.97 Å². The first kappa shape index (κ1) is 17.7. The molecule has 1 heterocycles. The van der Waals surface area contributed by atoms with E-state index < -0.39 is 5.97 Å². The first-order chi connectivity index (χ1) is 12.5. The molecule has 26 heavy (non-hydrogen) atoms. The van der Waals surface area contributed by atoms with Crippen molar-refractivity contribution in [1.29, 1.82) is 0 Å². The number of hydrogen-bond acceptors (Lipinski definition) is 3. The van der Waals surface area contributed by atoms with Crippen LogP contribution in [-0.2, 0) is 17.8 Å². The number of halogens is 1. The summed E-state index contributed by atoms with van der Waals surface area (Å²) in [6, 6.07) is 11.0. The van der Waals surface area contributed by atoms with Crippen molar-refractivity contribution in [3.05, 3.63) is 75.8 Å². The Labute approximate surface area is 149 Å². The fourth-order valence-corrected chi connectivity index (χ4v) is 2.98. The molecule has 0 aliphatic rings. The molecule has 3 aromatic rings. The number of nitrogens with zero attached hydrogens (tertiary/aromatic N) is 1. The number of hydrogen-bond donors (Lipinski definition) is 1. The van der Waals surface area contributed by atoms with E-state index in [4.69, 9.17) is 4.74 Å². The van der Waals surface area contributed by atoms with Gasteiger partial charge in [-0.05, 0) is 36.8 Å². The van der Waals surface area contributed by atoms with Crippen molar-refractivity contribution < 1.29 is 19.0 Å². The Kier molecular flexibility index (Phi) is 5.02. The third kappa shape index (κ3) is 3.59. The molecule has 0 radical (unpaired) electrons. The molecular formula is C20H18FNO4. The predicted molar refractivity (Wildman–Crippen MR) is 96.2 cm³/mol. The standard InChI is InChI=1S/C20H18FNO4/c1-2-26-17-5-3-4-16-19(17)22(12-18(23)24)11-14(20(16)25)10-13-6-8-15(21)9-7-13/h3-9,11H,2,10,12H2,1H3,(H,23,24). The highest BCUT2D eigenvalue weighted by molar-refractivity contribution is 5.86. The van der Waals surface area contributed by atoms with Gasteiger partial charge in [-0.3, -0.25) is 9.59 Å². The molecule has 6 heteroatoms. The van der Waals surface area contributed by atoms with Crippen LogP contribution in [-0.4, -0.2) is 22.2 Å². The Morgan fingerprint density at radius 2 is 1.92 bits per heavy atom. The van der Waals surface area contributed by atoms with Gasteiger partial charge in [0, 0.05) is 23.6 Å². The van der Waals surface area contributed by atoms with Gasteiger partial charge in [0.05, 0.1) is 12.1 Å². The highest BCUT2D eigenvalue weighted by Crippen LogP contribution is 2.25. The summed E-state index contributed by atoms with van der Waals surface area (Å²) >= 11 is 0. The fraction of sp³-hybridized carbons (Fsp3) is 0.200. The van der Waals surface area contributed by atoms with Crippen molar-refractivity contribution in [1.82, 2.24) is 4.57 Å². The zero-order valence-electron chi connectivity index (χ0n) is 14.2. The van der Waals surface area contributed by atoms with Gasteiger partial charge in [-0.25, -0.2) is 4.39 Å². The lowest BCUT2D eigenvalue weighted by molar-refractivity contribution is -0.137. The fourth-order valence-electron chi connectivity index (χ4n) is 2.98. The lowest BCUT2D eigenvalue weighted by atomic mass is 10.0. The molecule has 5 nitrogen and oxygen atoms in total. The second-order valence-corrected chi connectivity index (χ2v) is 5.89. The van der Waals surface area contributed by atoms with E-state index in [2.05, 4.69) is 0 Å². The second kappa shape index (κ2) is 7.39. The number of rotatable bonds is 6. The first-order valence-corrected chi connectivity index (χ1v) is 8.23. The number of ether oxygens (including phenoxy) is 1. The summed E-state index contributed by atoms with van der Waals surface area (Å²) in [5.41, 5.74) is 1.49. The molecule has 0 aliphatic heterocycles. The Hall–Kier alpha value is -3.15. The molecule has 0 saturated carbocycles. The summed E-state index contributed by atoms with van der Waals surface area (Å²) in [6.07, 6.45) is 1.83. The quantitative estimate of drug-likeness (QED) is 0.737. The van der Waals surface area contributed by atoms with Crippen molar-refractivity contribution in [3.63, 3.8) is 0 Å². The SMILES string of the molecule is CCOc1cccc2c(=O)c(Cc3ccc(F)cc3)cn(CC(=O)O)c12. The minimum Gasteiger partial charge on any atom is -0.492 e. The molecule has 0 amide bonds. The van der Waals surface area contributed by atoms with E-state index in [1.807, 2.05) is 6.92 Å². The number of aromatic nitrogens is 1. The van der Waals surface area contributed by atoms with Gasteiger partial charge in [0.2, 0.25) is 0 Å². The molecule has 2 aromatic carbocycles. The summed E-state index contributed by atoms with van der Waals surface area (Å²) in [6.45, 7) is 1.93. The maximum Gasteiger partial charge on any atom is 0.323 e. The predicted octanol–water partition coefficient (Wildman–Crippen LogP) is 3.21. The molecule has 1 N–H and O–H groups in total. The first-order valence-electron chi connectivity index (χ1n) is 8.23. The van der Waals surface area contributed by atoms with Crippen molar-refractivity contribution >= 4 is 16.9 Å². The van der Waals surface area contributed by atoms with Crippen LogP contribution in [0.25, 0.3) is 10.9 Å². The van der Waals surface area contributed by atoms with Gasteiger partial charge in [-0.15, -0.1) is 0 Å². The van der Waals surface area contributed by atoms with Crippen molar-refractivity contribution in [2.75, 3.05) is 6.61 Å². The number of carboxylic acids is 1. The maximum absolute atomic E-state index is 13.1. The minimum absolute atomic E-state index is 0.187. The van der Waals surface area contributed by atoms with Gasteiger partial charge in [-0.2, -0.15) is 0 Å². The maximum atomic E-state index is 13.1. The van der Waals surface area contributed by atoms with E-state index >= 15 is 0 Å². The van der Waals surface area contributed by atoms with Crippen LogP contribution in [0.2, 0.25) is 0 Å². The molecule has 134 valence electrons.